The van der Waals surface area contributed by atoms with Crippen LogP contribution >= 0.6 is 24.2 Å². The molecular weight excluding hydrogens is 500 g/mol. The Morgan fingerprint density at radius 3 is 2.63 bits per heavy atom. The van der Waals surface area contributed by atoms with Crippen molar-refractivity contribution >= 4 is 41.1 Å². The van der Waals surface area contributed by atoms with Crippen molar-refractivity contribution in [1.82, 2.24) is 10.3 Å². The molecule has 2 aromatic carbocycles. The molecule has 0 bridgehead atoms. The van der Waals surface area contributed by atoms with E-state index >= 15 is 0 Å². The van der Waals surface area contributed by atoms with Gasteiger partial charge in [-0.2, -0.15) is 5.10 Å². The van der Waals surface area contributed by atoms with E-state index in [1.807, 2.05) is 30.3 Å². The van der Waals surface area contributed by atoms with Gasteiger partial charge in [0.2, 0.25) is 5.96 Å². The number of ether oxygens (including phenoxy) is 1. The molecule has 0 radical (unpaired) electrons. The number of nitrogens with one attached hydrogen (secondary N) is 1. The lowest BCUT2D eigenvalue weighted by atomic mass is 9.99. The summed E-state index contributed by atoms with van der Waals surface area (Å²) in [6.07, 6.45) is 0.161. The SMILES string of the molecule is CO/N=C(/N)NCCC[C@@]1(c2ccccc2)SC(c2cc(F)ccc2F)=NN1C(=O)[C@H](C)OC.Cl. The molecule has 2 atom stereocenters. The van der Waals surface area contributed by atoms with Crippen molar-refractivity contribution in [1.29, 1.82) is 0 Å². The predicted molar refractivity (Wildman–Crippen MR) is 135 cm³/mol. The number of hydrogen-bond donors (Lipinski definition) is 2. The van der Waals surface area contributed by atoms with Crippen LogP contribution in [-0.2, 0) is 19.2 Å². The predicted octanol–water partition coefficient (Wildman–Crippen LogP) is 3.76. The van der Waals surface area contributed by atoms with Crippen LogP contribution < -0.4 is 11.1 Å². The van der Waals surface area contributed by atoms with E-state index < -0.39 is 28.5 Å². The third-order valence-corrected chi connectivity index (χ3v) is 6.73. The first-order valence-corrected chi connectivity index (χ1v) is 11.4. The average molecular weight is 528 g/mol. The van der Waals surface area contributed by atoms with Crippen LogP contribution in [0.25, 0.3) is 0 Å². The van der Waals surface area contributed by atoms with E-state index in [9.17, 15) is 13.6 Å². The first-order chi connectivity index (χ1) is 16.3. The Morgan fingerprint density at radius 1 is 1.26 bits per heavy atom. The fraction of sp³-hybridized carbons (Fsp3) is 0.348. The van der Waals surface area contributed by atoms with E-state index in [-0.39, 0.29) is 29.0 Å². The van der Waals surface area contributed by atoms with Crippen molar-refractivity contribution in [2.45, 2.75) is 30.7 Å². The van der Waals surface area contributed by atoms with Gasteiger partial charge in [-0.3, -0.25) is 4.79 Å². The Balaban J connectivity index is 0.00000432. The quantitative estimate of drug-likeness (QED) is 0.223. The summed E-state index contributed by atoms with van der Waals surface area (Å²) in [5.41, 5.74) is 6.48. The fourth-order valence-electron chi connectivity index (χ4n) is 3.52. The molecule has 35 heavy (non-hydrogen) atoms. The number of methoxy groups -OCH3 is 1. The van der Waals surface area contributed by atoms with Crippen LogP contribution in [-0.4, -0.2) is 48.8 Å². The van der Waals surface area contributed by atoms with Gasteiger partial charge < -0.3 is 20.6 Å². The normalized spacial score (nSPS) is 18.5. The number of hydrogen-bond acceptors (Lipinski definition) is 6. The molecule has 0 saturated carbocycles. The van der Waals surface area contributed by atoms with E-state index in [2.05, 4.69) is 20.4 Å². The fourth-order valence-corrected chi connectivity index (χ4v) is 4.95. The topological polar surface area (TPSA) is 102 Å². The zero-order valence-electron chi connectivity index (χ0n) is 19.5. The van der Waals surface area contributed by atoms with Crippen LogP contribution in [0.2, 0.25) is 0 Å². The third kappa shape index (κ3) is 6.41. The Hall–Kier alpha value is -2.89. The van der Waals surface area contributed by atoms with E-state index in [0.717, 1.165) is 23.8 Å². The van der Waals surface area contributed by atoms with Gasteiger partial charge in [-0.25, -0.2) is 13.8 Å². The Labute approximate surface area is 213 Å². The Morgan fingerprint density at radius 2 is 1.97 bits per heavy atom. The van der Waals surface area contributed by atoms with Crippen LogP contribution in [0.3, 0.4) is 0 Å². The lowest BCUT2D eigenvalue weighted by Crippen LogP contribution is -2.46. The number of hydrazone groups is 1. The highest BCUT2D eigenvalue weighted by Crippen LogP contribution is 2.50. The number of nitrogens with two attached hydrogens (primary N) is 1. The molecule has 3 N–H and O–H groups in total. The molecule has 3 rings (SSSR count). The summed E-state index contributed by atoms with van der Waals surface area (Å²) in [5, 5.41) is 12.6. The number of amides is 1. The highest BCUT2D eigenvalue weighted by molar-refractivity contribution is 8.15. The van der Waals surface area contributed by atoms with Gasteiger partial charge in [-0.15, -0.1) is 12.4 Å². The largest absolute Gasteiger partial charge is 0.396 e. The lowest BCUT2D eigenvalue weighted by Gasteiger charge is -2.37. The van der Waals surface area contributed by atoms with Crippen LogP contribution in [0.1, 0.15) is 30.9 Å². The smallest absolute Gasteiger partial charge is 0.273 e. The number of rotatable bonds is 9. The van der Waals surface area contributed by atoms with Gasteiger partial charge in [-0.05, 0) is 48.7 Å². The number of guanidine groups is 1. The lowest BCUT2D eigenvalue weighted by molar-refractivity contribution is -0.144. The van der Waals surface area contributed by atoms with Crippen LogP contribution in [0.4, 0.5) is 8.78 Å². The van der Waals surface area contributed by atoms with Gasteiger partial charge >= 0.3 is 0 Å². The molecule has 12 heteroatoms. The number of carbonyl (C=O) groups excluding carboxylic acids is 1. The van der Waals surface area contributed by atoms with Crippen molar-refractivity contribution < 1.29 is 23.1 Å². The first kappa shape index (κ1) is 28.3. The summed E-state index contributed by atoms with van der Waals surface area (Å²) in [6, 6.07) is 12.5. The summed E-state index contributed by atoms with van der Waals surface area (Å²) in [5.74, 6) is -1.51. The van der Waals surface area contributed by atoms with Crippen molar-refractivity contribution in [3.8, 4) is 0 Å². The maximum atomic E-state index is 14.7. The molecule has 0 spiro atoms. The van der Waals surface area contributed by atoms with Crippen molar-refractivity contribution in [3.05, 3.63) is 71.3 Å². The minimum atomic E-state index is -1.02. The second-order valence-electron chi connectivity index (χ2n) is 7.50. The monoisotopic (exact) mass is 527 g/mol. The number of benzene rings is 2. The van der Waals surface area contributed by atoms with Crippen molar-refractivity contribution in [3.63, 3.8) is 0 Å². The minimum absolute atomic E-state index is 0. The van der Waals surface area contributed by atoms with E-state index in [1.165, 1.54) is 31.0 Å². The summed E-state index contributed by atoms with van der Waals surface area (Å²) in [7, 11) is 2.81. The van der Waals surface area contributed by atoms with E-state index in [4.69, 9.17) is 10.5 Å². The number of thioether (sulfide) groups is 1. The number of carbonyl (C=O) groups is 1. The molecule has 8 nitrogen and oxygen atoms in total. The van der Waals surface area contributed by atoms with Gasteiger partial charge in [0, 0.05) is 19.2 Å². The molecule has 0 saturated heterocycles. The summed E-state index contributed by atoms with van der Waals surface area (Å²) in [6.45, 7) is 2.04. The Bertz CT molecular complexity index is 1080. The minimum Gasteiger partial charge on any atom is -0.396 e. The zero-order valence-corrected chi connectivity index (χ0v) is 21.2. The van der Waals surface area contributed by atoms with E-state index in [0.29, 0.717) is 19.4 Å². The maximum Gasteiger partial charge on any atom is 0.273 e. The second-order valence-corrected chi connectivity index (χ2v) is 8.77. The molecule has 2 aromatic rings. The van der Waals surface area contributed by atoms with Gasteiger partial charge in [0.15, 0.2) is 0 Å². The number of nitrogens with zero attached hydrogens (tertiary/aromatic N) is 3. The van der Waals surface area contributed by atoms with Crippen molar-refractivity contribution in [2.75, 3.05) is 20.8 Å². The van der Waals surface area contributed by atoms with Crippen LogP contribution in [0, 0.1) is 11.6 Å². The molecule has 0 aliphatic carbocycles. The van der Waals surface area contributed by atoms with Crippen molar-refractivity contribution in [2.24, 2.45) is 16.0 Å². The Kier molecular flexibility index (Phi) is 10.3. The molecule has 1 aliphatic heterocycles. The molecule has 0 aromatic heterocycles. The van der Waals surface area contributed by atoms with E-state index in [1.54, 1.807) is 6.92 Å². The first-order valence-electron chi connectivity index (χ1n) is 10.6. The molecule has 0 fully saturated rings. The van der Waals surface area contributed by atoms with Gasteiger partial charge in [0.1, 0.15) is 34.8 Å². The average Bonchev–Trinajstić information content (AvgIpc) is 3.23. The molecule has 1 amide bonds. The van der Waals surface area contributed by atoms with Gasteiger partial charge in [0.25, 0.3) is 5.91 Å². The van der Waals surface area contributed by atoms with Gasteiger partial charge in [-0.1, -0.05) is 42.1 Å². The molecule has 1 aliphatic rings. The molecular formula is C23H28ClF2N5O3S. The molecule has 1 heterocycles. The summed E-state index contributed by atoms with van der Waals surface area (Å²) in [4.78, 5) is 17.0. The van der Waals surface area contributed by atoms with Crippen LogP contribution in [0.15, 0.2) is 58.8 Å². The second kappa shape index (κ2) is 12.7. The summed E-state index contributed by atoms with van der Waals surface area (Å²) < 4.78 is 33.9. The summed E-state index contributed by atoms with van der Waals surface area (Å²) >= 11 is 1.20. The molecule has 0 unspecified atom stereocenters. The molecule has 190 valence electrons. The maximum absolute atomic E-state index is 14.7. The highest BCUT2D eigenvalue weighted by Gasteiger charge is 2.49. The third-order valence-electron chi connectivity index (χ3n) is 5.28. The highest BCUT2D eigenvalue weighted by atomic mass is 35.5. The number of oxime groups is 1. The zero-order chi connectivity index (χ0) is 24.7. The standard InChI is InChI=1S/C23H27F2N5O3S.ClH/c1-15(32-2)21(31)30-23(16-8-5-4-6-9-16,12-7-13-27-22(26)29-33-3)34-20(28-30)18-14-17(24)10-11-19(18)25;/h4-6,8-11,14-15H,7,12-13H2,1-3H3,(H3,26,27,29);1H/t15-,23-;/m0./s1. The van der Waals surface area contributed by atoms with Gasteiger partial charge in [0.05, 0.1) is 0 Å². The number of halogens is 3. The van der Waals surface area contributed by atoms with Crippen LogP contribution in [0.5, 0.6) is 0 Å².